The van der Waals surface area contributed by atoms with Crippen molar-refractivity contribution in [2.45, 2.75) is 154 Å². The molecule has 8 N–H and O–H groups in total. The van der Waals surface area contributed by atoms with E-state index in [4.69, 9.17) is 4.74 Å². The minimum Gasteiger partial charge on any atom is -0.490 e. The van der Waals surface area contributed by atoms with Crippen molar-refractivity contribution in [3.63, 3.8) is 0 Å². The highest BCUT2D eigenvalue weighted by Gasteiger charge is 2.44. The molecule has 0 unspecified atom stereocenters. The van der Waals surface area contributed by atoms with Gasteiger partial charge in [0.2, 0.25) is 35.4 Å². The van der Waals surface area contributed by atoms with Crippen LogP contribution in [-0.4, -0.2) is 129 Å². The average Bonchev–Trinajstić information content (AvgIpc) is 3.63. The molecule has 0 radical (unpaired) electrons. The summed E-state index contributed by atoms with van der Waals surface area (Å²) >= 11 is 0. The molecule has 2 saturated heterocycles. The molecule has 1 aromatic rings. The molecule has 9 atom stereocenters. The van der Waals surface area contributed by atoms with Crippen molar-refractivity contribution in [3.8, 4) is 5.75 Å². The molecule has 2 aliphatic heterocycles. The van der Waals surface area contributed by atoms with Gasteiger partial charge in [-0.3, -0.25) is 43.3 Å². The number of hydrogen-bond acceptors (Lipinski definition) is 11. The maximum atomic E-state index is 14.4. The van der Waals surface area contributed by atoms with Crippen LogP contribution in [0.3, 0.4) is 0 Å². The summed E-state index contributed by atoms with van der Waals surface area (Å²) in [6, 6.07) is -1.43. The first-order valence-electron chi connectivity index (χ1n) is 21.3. The third-order valence-corrected chi connectivity index (χ3v) is 10.5. The van der Waals surface area contributed by atoms with Gasteiger partial charge in [0.05, 0.1) is 24.6 Å². The van der Waals surface area contributed by atoms with Gasteiger partial charge in [0.15, 0.2) is 0 Å². The number of Topliss-reactive ketones (excluding diaryl/α,β-unsaturated/α-hetero) is 1. The van der Waals surface area contributed by atoms with Crippen molar-refractivity contribution in [2.75, 3.05) is 13.2 Å². The van der Waals surface area contributed by atoms with Gasteiger partial charge in [0.25, 0.3) is 0 Å². The van der Waals surface area contributed by atoms with Gasteiger partial charge in [0, 0.05) is 36.8 Å². The van der Waals surface area contributed by atoms with Crippen molar-refractivity contribution >= 4 is 47.2 Å². The fraction of sp³-hybridized carbons (Fsp3) is 0.636. The molecular formula is C44H67N7O11. The molecule has 2 aliphatic rings. The molecule has 18 heteroatoms. The number of amides is 6. The van der Waals surface area contributed by atoms with Crippen LogP contribution < -0.4 is 36.6 Å². The quantitative estimate of drug-likeness (QED) is 0.144. The summed E-state index contributed by atoms with van der Waals surface area (Å²) in [7, 11) is 0. The standard InChI is InChI=1S/C44H67N7O11/c1-10-18-62-31-15-13-28(14-16-31)21-32-39(57)45-25(4)20-30(53)22-29(19-24(2)3)38(56)47-33(23-35(54)55)40(58)49-36(27(6)52)42(60)46-26(5)37(43(61)50-44(7,8)9)51-17-11-12-34(51)41(59)48-32/h10,13-16,24-27,29,32-34,36-37,52H,1,11-12,17-23H2,2-9H3,(H,45,57)(H,46,60)(H,47,56)(H,48,59)(H,49,58)(H,50,61)(H,54,55)/t25-,26-,27+,29+,32-,33-,34-,36-,37-/m0/s1. The Morgan fingerprint density at radius 3 is 2.10 bits per heavy atom. The Hall–Kier alpha value is -5.36. The fourth-order valence-electron chi connectivity index (χ4n) is 7.77. The molecule has 18 nitrogen and oxygen atoms in total. The van der Waals surface area contributed by atoms with E-state index in [1.165, 1.54) is 6.92 Å². The number of carbonyl (C=O) groups excluding carboxylic acids is 7. The molecule has 344 valence electrons. The first-order chi connectivity index (χ1) is 29.0. The molecule has 2 heterocycles. The van der Waals surface area contributed by atoms with Crippen LogP contribution in [0.1, 0.15) is 99.5 Å². The van der Waals surface area contributed by atoms with Crippen molar-refractivity contribution < 1.29 is 53.3 Å². The molecule has 0 saturated carbocycles. The topological polar surface area (TPSA) is 262 Å². The number of rotatable bonds is 11. The highest BCUT2D eigenvalue weighted by Crippen LogP contribution is 2.25. The van der Waals surface area contributed by atoms with Crippen molar-refractivity contribution in [1.82, 2.24) is 36.8 Å². The van der Waals surface area contributed by atoms with Crippen LogP contribution in [0.25, 0.3) is 0 Å². The van der Waals surface area contributed by atoms with E-state index in [0.29, 0.717) is 24.2 Å². The number of aliphatic carboxylic acids is 1. The molecule has 1 aromatic carbocycles. The molecule has 62 heavy (non-hydrogen) atoms. The van der Waals surface area contributed by atoms with Gasteiger partial charge < -0.3 is 46.9 Å². The zero-order valence-electron chi connectivity index (χ0n) is 37.2. The van der Waals surface area contributed by atoms with E-state index in [1.807, 2.05) is 13.8 Å². The van der Waals surface area contributed by atoms with Gasteiger partial charge in [-0.2, -0.15) is 0 Å². The Labute approximate surface area is 364 Å². The molecule has 0 bridgehead atoms. The van der Waals surface area contributed by atoms with E-state index in [-0.39, 0.29) is 44.8 Å². The predicted octanol–water partition coefficient (Wildman–Crippen LogP) is 0.886. The monoisotopic (exact) mass is 869 g/mol. The normalized spacial score (nSPS) is 27.2. The molecule has 0 aromatic heterocycles. The Morgan fingerprint density at radius 2 is 1.52 bits per heavy atom. The van der Waals surface area contributed by atoms with E-state index >= 15 is 0 Å². The molecule has 2 fully saturated rings. The second kappa shape index (κ2) is 23.2. The lowest BCUT2D eigenvalue weighted by atomic mass is 9.89. The number of ether oxygens (including phenoxy) is 1. The Bertz CT molecular complexity index is 1780. The van der Waals surface area contributed by atoms with Crippen molar-refractivity contribution in [3.05, 3.63) is 42.5 Å². The summed E-state index contributed by atoms with van der Waals surface area (Å²) < 4.78 is 5.60. The Morgan fingerprint density at radius 1 is 0.887 bits per heavy atom. The number of nitrogens with zero attached hydrogens (tertiary/aromatic N) is 1. The van der Waals surface area contributed by atoms with Crippen LogP contribution in [0.4, 0.5) is 0 Å². The van der Waals surface area contributed by atoms with E-state index in [1.54, 1.807) is 69.9 Å². The van der Waals surface area contributed by atoms with Gasteiger partial charge in [-0.05, 0) is 91.0 Å². The largest absolute Gasteiger partial charge is 0.490 e. The zero-order valence-corrected chi connectivity index (χ0v) is 37.2. The number of carboxylic acid groups (broad SMARTS) is 1. The number of aliphatic hydroxyl groups is 1. The lowest BCUT2D eigenvalue weighted by Gasteiger charge is -2.38. The molecular weight excluding hydrogens is 803 g/mol. The number of aliphatic hydroxyl groups excluding tert-OH is 1. The van der Waals surface area contributed by atoms with E-state index in [0.717, 1.165) is 0 Å². The van der Waals surface area contributed by atoms with Crippen LogP contribution in [0.2, 0.25) is 0 Å². The molecule has 3 rings (SSSR count). The van der Waals surface area contributed by atoms with E-state index in [9.17, 15) is 48.6 Å². The summed E-state index contributed by atoms with van der Waals surface area (Å²) in [5, 5.41) is 36.6. The van der Waals surface area contributed by atoms with Crippen LogP contribution in [0.15, 0.2) is 36.9 Å². The zero-order chi connectivity index (χ0) is 46.5. The number of carboxylic acids is 1. The second-order valence-corrected chi connectivity index (χ2v) is 18.0. The van der Waals surface area contributed by atoms with Crippen LogP contribution >= 0.6 is 0 Å². The summed E-state index contributed by atoms with van der Waals surface area (Å²) in [6.07, 6.45) is -0.238. The molecule has 6 amide bonds. The highest BCUT2D eigenvalue weighted by atomic mass is 16.5. The lowest BCUT2D eigenvalue weighted by Crippen LogP contribution is -2.65. The number of carbonyl (C=O) groups is 8. The Balaban J connectivity index is 2.12. The molecule has 0 spiro atoms. The third kappa shape index (κ3) is 15.8. The number of hydrogen-bond donors (Lipinski definition) is 8. The smallest absolute Gasteiger partial charge is 0.305 e. The van der Waals surface area contributed by atoms with Crippen molar-refractivity contribution in [1.29, 1.82) is 0 Å². The average molecular weight is 870 g/mol. The number of ketones is 1. The summed E-state index contributed by atoms with van der Waals surface area (Å²) in [5.74, 6) is -6.76. The van der Waals surface area contributed by atoms with Crippen LogP contribution in [0.5, 0.6) is 5.75 Å². The SMILES string of the molecule is C=CCOc1ccc(C[C@@H]2NC(=O)[C@@H]3CCCN3[C@H](C(=O)NC(C)(C)C)[C@H](C)NC(=O)[C@H]([C@@H](C)O)NC(=O)[C@H](CC(=O)O)NC(=O)[C@H](CC(C)C)CC(=O)C[C@H](C)NC2=O)cc1. The minimum atomic E-state index is -1.70. The number of benzene rings is 1. The second-order valence-electron chi connectivity index (χ2n) is 18.0. The van der Waals surface area contributed by atoms with Gasteiger partial charge >= 0.3 is 5.97 Å². The first-order valence-corrected chi connectivity index (χ1v) is 21.3. The summed E-state index contributed by atoms with van der Waals surface area (Å²) in [4.78, 5) is 111. The van der Waals surface area contributed by atoms with Gasteiger partial charge in [-0.15, -0.1) is 0 Å². The predicted molar refractivity (Wildman–Crippen MR) is 229 cm³/mol. The van der Waals surface area contributed by atoms with E-state index in [2.05, 4.69) is 38.5 Å². The highest BCUT2D eigenvalue weighted by molar-refractivity contribution is 5.96. The third-order valence-electron chi connectivity index (χ3n) is 10.5. The fourth-order valence-corrected chi connectivity index (χ4v) is 7.77. The van der Waals surface area contributed by atoms with Gasteiger partial charge in [-0.1, -0.05) is 38.6 Å². The van der Waals surface area contributed by atoms with E-state index < -0.39 is 113 Å². The Kier molecular flexibility index (Phi) is 19.1. The first kappa shape index (κ1) is 51.0. The van der Waals surface area contributed by atoms with Crippen molar-refractivity contribution in [2.24, 2.45) is 11.8 Å². The maximum absolute atomic E-state index is 14.4. The summed E-state index contributed by atoms with van der Waals surface area (Å²) in [6.45, 7) is 17.6. The van der Waals surface area contributed by atoms with Gasteiger partial charge in [0.1, 0.15) is 42.3 Å². The maximum Gasteiger partial charge on any atom is 0.305 e. The van der Waals surface area contributed by atoms with Crippen LogP contribution in [-0.2, 0) is 44.8 Å². The number of fused-ring (bicyclic) bond motifs is 1. The minimum absolute atomic E-state index is 0.0493. The van der Waals surface area contributed by atoms with Gasteiger partial charge in [-0.25, -0.2) is 0 Å². The summed E-state index contributed by atoms with van der Waals surface area (Å²) in [5.41, 5.74) is -0.0484. The molecule has 0 aliphatic carbocycles. The lowest BCUT2D eigenvalue weighted by molar-refractivity contribution is -0.142. The number of nitrogens with one attached hydrogen (secondary N) is 6. The van der Waals surface area contributed by atoms with Crippen LogP contribution in [0, 0.1) is 11.8 Å².